The van der Waals surface area contributed by atoms with Crippen molar-refractivity contribution in [3.05, 3.63) is 112 Å². The van der Waals surface area contributed by atoms with Gasteiger partial charge in [0.15, 0.2) is 0 Å². The quantitative estimate of drug-likeness (QED) is 0.253. The van der Waals surface area contributed by atoms with Crippen LogP contribution in [0.5, 0.6) is 0 Å². The third-order valence-electron chi connectivity index (χ3n) is 9.85. The lowest BCUT2D eigenvalue weighted by atomic mass is 9.95. The molecule has 2 amide bonds. The molecule has 0 bridgehead atoms. The molecule has 2 aliphatic carbocycles. The van der Waals surface area contributed by atoms with E-state index in [0.717, 1.165) is 61.2 Å². The molecule has 3 heterocycles. The summed E-state index contributed by atoms with van der Waals surface area (Å²) < 4.78 is 8.09. The van der Waals surface area contributed by atoms with Crippen LogP contribution in [0.2, 0.25) is 5.02 Å². The summed E-state index contributed by atoms with van der Waals surface area (Å²) in [5, 5.41) is 3.85. The zero-order chi connectivity index (χ0) is 32.3. The van der Waals surface area contributed by atoms with Crippen molar-refractivity contribution in [2.45, 2.75) is 76.6 Å². The molecule has 2 unspecified atom stereocenters. The lowest BCUT2D eigenvalue weighted by Gasteiger charge is -2.43. The van der Waals surface area contributed by atoms with Gasteiger partial charge in [-0.05, 0) is 98.0 Å². The van der Waals surface area contributed by atoms with E-state index in [2.05, 4.69) is 38.0 Å². The van der Waals surface area contributed by atoms with Crippen molar-refractivity contribution in [3.63, 3.8) is 0 Å². The fourth-order valence-electron chi connectivity index (χ4n) is 7.37. The number of imidazole rings is 1. The van der Waals surface area contributed by atoms with Crippen LogP contribution in [0.1, 0.15) is 71.9 Å². The second kappa shape index (κ2) is 13.9. The highest BCUT2D eigenvalue weighted by molar-refractivity contribution is 6.30. The maximum atomic E-state index is 14.3. The Balaban J connectivity index is 1.18. The predicted molar refractivity (Wildman–Crippen MR) is 181 cm³/mol. The molecule has 244 valence electrons. The first kappa shape index (κ1) is 31.4. The normalized spacial score (nSPS) is 20.2. The number of halogens is 1. The first-order chi connectivity index (χ1) is 22.9. The van der Waals surface area contributed by atoms with Crippen molar-refractivity contribution in [1.29, 1.82) is 0 Å². The van der Waals surface area contributed by atoms with E-state index in [1.54, 1.807) is 11.1 Å². The second-order valence-corrected chi connectivity index (χ2v) is 13.4. The van der Waals surface area contributed by atoms with Crippen molar-refractivity contribution in [2.24, 2.45) is 0 Å². The molecule has 2 fully saturated rings. The van der Waals surface area contributed by atoms with E-state index >= 15 is 0 Å². The lowest BCUT2D eigenvalue weighted by molar-refractivity contribution is -0.123. The van der Waals surface area contributed by atoms with Gasteiger partial charge >= 0.3 is 6.09 Å². The van der Waals surface area contributed by atoms with E-state index in [0.29, 0.717) is 36.9 Å². The number of aromatic nitrogens is 3. The highest BCUT2D eigenvalue weighted by atomic mass is 35.5. The molecule has 4 aromatic rings. The standard InChI is InChI=1S/C37H41ClN6O3/c1-25-39-17-18-42(25)23-26-7-5-9-30(21-26)41-36(45)33-24-43(19-20-44(33)37(46)47-31-10-3-2-4-11-31)35-32-15-14-29(38)22-28(32)13-12-27-8-6-16-40-34(27)35/h5-9,14-18,21-22,31,33,35H,2-4,10-13,19-20,23-24H2,1H3,(H,41,45). The molecule has 1 saturated carbocycles. The van der Waals surface area contributed by atoms with Crippen LogP contribution in [0.4, 0.5) is 10.5 Å². The number of carbonyl (C=O) groups is 2. The number of carbonyl (C=O) groups excluding carboxylic acids is 2. The molecule has 7 rings (SSSR count). The highest BCUT2D eigenvalue weighted by Gasteiger charge is 2.41. The summed E-state index contributed by atoms with van der Waals surface area (Å²) in [7, 11) is 0. The van der Waals surface area contributed by atoms with Crippen molar-refractivity contribution >= 4 is 29.3 Å². The number of hydrogen-bond acceptors (Lipinski definition) is 6. The third kappa shape index (κ3) is 6.92. The van der Waals surface area contributed by atoms with Crippen LogP contribution in [0.25, 0.3) is 0 Å². The Labute approximate surface area is 280 Å². The van der Waals surface area contributed by atoms with Crippen LogP contribution >= 0.6 is 11.6 Å². The fraction of sp³-hybridized carbons (Fsp3) is 0.405. The van der Waals surface area contributed by atoms with Gasteiger partial charge in [-0.2, -0.15) is 0 Å². The molecule has 1 aliphatic heterocycles. The maximum absolute atomic E-state index is 14.3. The summed E-state index contributed by atoms with van der Waals surface area (Å²) in [6, 6.07) is 17.1. The molecule has 3 aliphatic rings. The number of fused-ring (bicyclic) bond motifs is 2. The SMILES string of the molecule is Cc1nccn1Cc1cccc(NC(=O)C2CN(C3c4ccc(Cl)cc4CCc4cccnc43)CCN2C(=O)OC2CCCCC2)c1. The van der Waals surface area contributed by atoms with Gasteiger partial charge in [-0.1, -0.05) is 42.3 Å². The minimum absolute atomic E-state index is 0.101. The van der Waals surface area contributed by atoms with E-state index in [-0.39, 0.29) is 18.1 Å². The van der Waals surface area contributed by atoms with E-state index in [1.807, 2.05) is 55.7 Å². The number of rotatable bonds is 6. The van der Waals surface area contributed by atoms with Crippen molar-refractivity contribution in [2.75, 3.05) is 25.0 Å². The summed E-state index contributed by atoms with van der Waals surface area (Å²) in [6.07, 6.45) is 11.8. The van der Waals surface area contributed by atoms with Gasteiger partial charge in [0.05, 0.1) is 11.7 Å². The summed E-state index contributed by atoms with van der Waals surface area (Å²) in [5.74, 6) is 0.685. The minimum Gasteiger partial charge on any atom is -0.446 e. The summed E-state index contributed by atoms with van der Waals surface area (Å²) in [6.45, 7) is 3.89. The van der Waals surface area contributed by atoms with Crippen LogP contribution in [0.3, 0.4) is 0 Å². The Hall–Kier alpha value is -4.21. The number of ether oxygens (including phenoxy) is 1. The molecule has 1 saturated heterocycles. The maximum Gasteiger partial charge on any atom is 0.410 e. The minimum atomic E-state index is -0.759. The van der Waals surface area contributed by atoms with Crippen molar-refractivity contribution in [1.82, 2.24) is 24.3 Å². The number of benzene rings is 2. The molecule has 2 atom stereocenters. The van der Waals surface area contributed by atoms with Crippen LogP contribution in [-0.4, -0.2) is 68.1 Å². The first-order valence-corrected chi connectivity index (χ1v) is 17.1. The summed E-state index contributed by atoms with van der Waals surface area (Å²) in [4.78, 5) is 41.1. The van der Waals surface area contributed by atoms with E-state index in [9.17, 15) is 9.59 Å². The zero-order valence-corrected chi connectivity index (χ0v) is 27.5. The van der Waals surface area contributed by atoms with Gasteiger partial charge in [-0.15, -0.1) is 0 Å². The van der Waals surface area contributed by atoms with Crippen LogP contribution in [-0.2, 0) is 28.9 Å². The summed E-state index contributed by atoms with van der Waals surface area (Å²) >= 11 is 6.46. The van der Waals surface area contributed by atoms with Crippen molar-refractivity contribution < 1.29 is 14.3 Å². The first-order valence-electron chi connectivity index (χ1n) is 16.7. The monoisotopic (exact) mass is 652 g/mol. The lowest BCUT2D eigenvalue weighted by Crippen LogP contribution is -2.60. The average molecular weight is 653 g/mol. The average Bonchev–Trinajstić information content (AvgIpc) is 3.41. The smallest absolute Gasteiger partial charge is 0.410 e. The van der Waals surface area contributed by atoms with Gasteiger partial charge in [0.25, 0.3) is 0 Å². The van der Waals surface area contributed by atoms with Crippen molar-refractivity contribution in [3.8, 4) is 0 Å². The number of amides is 2. The number of hydrogen-bond donors (Lipinski definition) is 1. The number of anilines is 1. The van der Waals surface area contributed by atoms with Crippen LogP contribution in [0.15, 0.2) is 73.2 Å². The zero-order valence-electron chi connectivity index (χ0n) is 26.8. The number of nitrogens with zero attached hydrogens (tertiary/aromatic N) is 5. The predicted octanol–water partition coefficient (Wildman–Crippen LogP) is 6.57. The molecule has 47 heavy (non-hydrogen) atoms. The number of aryl methyl sites for hydroxylation is 3. The van der Waals surface area contributed by atoms with Gasteiger partial charge in [-0.25, -0.2) is 9.78 Å². The van der Waals surface area contributed by atoms with E-state index < -0.39 is 12.1 Å². The molecule has 2 aromatic heterocycles. The third-order valence-corrected chi connectivity index (χ3v) is 10.1. The van der Waals surface area contributed by atoms with Gasteiger partial charge in [0, 0.05) is 55.5 Å². The molecule has 0 radical (unpaired) electrons. The largest absolute Gasteiger partial charge is 0.446 e. The van der Waals surface area contributed by atoms with E-state index in [1.165, 1.54) is 17.5 Å². The highest BCUT2D eigenvalue weighted by Crippen LogP contribution is 2.38. The van der Waals surface area contributed by atoms with Gasteiger partial charge < -0.3 is 14.6 Å². The molecule has 0 spiro atoms. The molecular formula is C37H41ClN6O3. The van der Waals surface area contributed by atoms with Crippen LogP contribution in [0, 0.1) is 6.92 Å². The molecule has 1 N–H and O–H groups in total. The van der Waals surface area contributed by atoms with E-state index in [4.69, 9.17) is 21.3 Å². The number of pyridine rings is 1. The topological polar surface area (TPSA) is 92.6 Å². The Morgan fingerprint density at radius 3 is 2.64 bits per heavy atom. The Morgan fingerprint density at radius 2 is 1.81 bits per heavy atom. The molecule has 9 nitrogen and oxygen atoms in total. The Morgan fingerprint density at radius 1 is 0.957 bits per heavy atom. The Bertz CT molecular complexity index is 1750. The number of nitrogens with one attached hydrogen (secondary N) is 1. The molecule has 2 aromatic carbocycles. The Kier molecular flexibility index (Phi) is 9.27. The van der Waals surface area contributed by atoms with Crippen LogP contribution < -0.4 is 5.32 Å². The van der Waals surface area contributed by atoms with Gasteiger partial charge in [-0.3, -0.25) is 19.6 Å². The summed E-state index contributed by atoms with van der Waals surface area (Å²) in [5.41, 5.74) is 6.24. The number of piperazine rings is 1. The second-order valence-electron chi connectivity index (χ2n) is 12.9. The fourth-order valence-corrected chi connectivity index (χ4v) is 7.56. The molecular weight excluding hydrogens is 612 g/mol. The molecule has 10 heteroatoms. The van der Waals surface area contributed by atoms with Gasteiger partial charge in [0.1, 0.15) is 18.0 Å². The van der Waals surface area contributed by atoms with Gasteiger partial charge in [0.2, 0.25) is 5.91 Å².